The van der Waals surface area contributed by atoms with Crippen LogP contribution >= 0.6 is 39.7 Å². The zero-order valence-corrected chi connectivity index (χ0v) is 19.4. The molecule has 3 aromatic carbocycles. The van der Waals surface area contributed by atoms with Crippen molar-refractivity contribution in [2.24, 2.45) is 5.10 Å². The van der Waals surface area contributed by atoms with Gasteiger partial charge in [-0.15, -0.1) is 0 Å². The first-order valence-corrected chi connectivity index (χ1v) is 10.5. The maximum Gasteiger partial charge on any atom is 0.343 e. The van der Waals surface area contributed by atoms with Crippen LogP contribution < -0.4 is 20.2 Å². The summed E-state index contributed by atoms with van der Waals surface area (Å²) in [5, 5.41) is 7.98. The van der Waals surface area contributed by atoms with E-state index in [2.05, 4.69) is 31.8 Å². The van der Waals surface area contributed by atoms with E-state index in [1.54, 1.807) is 49.6 Å². The Hall–Kier alpha value is -2.94. The highest BCUT2D eigenvalue weighted by atomic mass is 79.9. The summed E-state index contributed by atoms with van der Waals surface area (Å²) in [6.45, 7) is 0. The van der Waals surface area contributed by atoms with Crippen LogP contribution in [-0.2, 0) is 0 Å². The van der Waals surface area contributed by atoms with Crippen LogP contribution in [0.3, 0.4) is 0 Å². The maximum atomic E-state index is 12.4. The van der Waals surface area contributed by atoms with E-state index in [4.69, 9.17) is 33.3 Å². The lowest BCUT2D eigenvalue weighted by Gasteiger charge is -2.09. The molecule has 9 heteroatoms. The van der Waals surface area contributed by atoms with Crippen molar-refractivity contribution in [3.63, 3.8) is 0 Å². The molecule has 0 fully saturated rings. The molecule has 31 heavy (non-hydrogen) atoms. The van der Waals surface area contributed by atoms with Gasteiger partial charge < -0.3 is 14.8 Å². The molecule has 3 aromatic rings. The quantitative estimate of drug-likeness (QED) is 0.144. The number of benzene rings is 3. The van der Waals surface area contributed by atoms with E-state index >= 15 is 0 Å². The first-order valence-electron chi connectivity index (χ1n) is 8.96. The van der Waals surface area contributed by atoms with Crippen LogP contribution in [0.5, 0.6) is 11.5 Å². The van der Waals surface area contributed by atoms with Crippen LogP contribution in [0, 0.1) is 0 Å². The molecule has 0 radical (unpaired) electrons. The van der Waals surface area contributed by atoms with Crippen LogP contribution in [0.2, 0.25) is 5.02 Å². The Labute approximate surface area is 198 Å². The molecule has 6 nitrogen and oxygen atoms in total. The predicted octanol–water partition coefficient (Wildman–Crippen LogP) is 5.65. The molecule has 2 N–H and O–H groups in total. The third-order valence-electron chi connectivity index (χ3n) is 3.97. The van der Waals surface area contributed by atoms with Crippen molar-refractivity contribution in [1.82, 2.24) is 5.43 Å². The number of nitrogens with one attached hydrogen (secondary N) is 2. The van der Waals surface area contributed by atoms with Crippen molar-refractivity contribution >= 4 is 62.7 Å². The minimum atomic E-state index is -0.502. The Bertz CT molecular complexity index is 1110. The standard InChI is InChI=1S/C22H17BrClN3O3S/c1-29-19-9-7-18(8-10-19)26-22(31)27-25-13-15-12-16(23)4-11-20(15)30-21(28)14-2-5-17(24)6-3-14/h2-13H,1H3,(H2,26,27,31)/b25-13+. The Balaban J connectivity index is 1.65. The average molecular weight is 519 g/mol. The molecule has 0 aliphatic rings. The van der Waals surface area contributed by atoms with E-state index in [1.807, 2.05) is 24.3 Å². The van der Waals surface area contributed by atoms with Gasteiger partial charge in [0.25, 0.3) is 0 Å². The summed E-state index contributed by atoms with van der Waals surface area (Å²) >= 11 is 14.5. The molecule has 0 aromatic heterocycles. The van der Waals surface area contributed by atoms with E-state index in [9.17, 15) is 4.79 Å². The molecule has 158 valence electrons. The van der Waals surface area contributed by atoms with Crippen LogP contribution in [0.25, 0.3) is 0 Å². The van der Waals surface area contributed by atoms with E-state index in [1.165, 1.54) is 6.21 Å². The number of carbonyl (C=O) groups excluding carboxylic acids is 1. The molecule has 0 unspecified atom stereocenters. The second-order valence-electron chi connectivity index (χ2n) is 6.13. The highest BCUT2D eigenvalue weighted by Crippen LogP contribution is 2.23. The number of hydrogen-bond donors (Lipinski definition) is 2. The van der Waals surface area contributed by atoms with Crippen molar-refractivity contribution in [2.45, 2.75) is 0 Å². The molecular weight excluding hydrogens is 502 g/mol. The molecule has 0 saturated heterocycles. The third kappa shape index (κ3) is 6.78. The summed E-state index contributed by atoms with van der Waals surface area (Å²) in [5.41, 5.74) is 4.49. The molecular formula is C22H17BrClN3O3S. The second-order valence-corrected chi connectivity index (χ2v) is 7.89. The molecule has 0 saturated carbocycles. The zero-order chi connectivity index (χ0) is 22.2. The highest BCUT2D eigenvalue weighted by Gasteiger charge is 2.11. The van der Waals surface area contributed by atoms with Gasteiger partial charge in [0.05, 0.1) is 18.9 Å². The van der Waals surface area contributed by atoms with Gasteiger partial charge in [-0.3, -0.25) is 5.43 Å². The van der Waals surface area contributed by atoms with Gasteiger partial charge in [0.15, 0.2) is 5.11 Å². The normalized spacial score (nSPS) is 10.5. The van der Waals surface area contributed by atoms with Crippen molar-refractivity contribution in [2.75, 3.05) is 12.4 Å². The summed E-state index contributed by atoms with van der Waals surface area (Å²) in [5.74, 6) is 0.596. The fourth-order valence-corrected chi connectivity index (χ4v) is 3.13. The number of hydrazone groups is 1. The van der Waals surface area contributed by atoms with E-state index < -0.39 is 5.97 Å². The summed E-state index contributed by atoms with van der Waals surface area (Å²) in [6.07, 6.45) is 1.51. The smallest absolute Gasteiger partial charge is 0.343 e. The molecule has 0 amide bonds. The number of esters is 1. The van der Waals surface area contributed by atoms with Gasteiger partial charge in [-0.25, -0.2) is 4.79 Å². The van der Waals surface area contributed by atoms with Crippen LogP contribution in [0.15, 0.2) is 76.3 Å². The lowest BCUT2D eigenvalue weighted by atomic mass is 10.2. The lowest BCUT2D eigenvalue weighted by molar-refractivity contribution is 0.0734. The van der Waals surface area contributed by atoms with Crippen LogP contribution in [0.4, 0.5) is 5.69 Å². The average Bonchev–Trinajstić information content (AvgIpc) is 2.76. The van der Waals surface area contributed by atoms with Crippen LogP contribution in [-0.4, -0.2) is 24.4 Å². The predicted molar refractivity (Wildman–Crippen MR) is 130 cm³/mol. The Morgan fingerprint density at radius 2 is 1.81 bits per heavy atom. The number of nitrogens with zero attached hydrogens (tertiary/aromatic N) is 1. The Kier molecular flexibility index (Phi) is 8.00. The third-order valence-corrected chi connectivity index (χ3v) is 4.91. The van der Waals surface area contributed by atoms with Gasteiger partial charge in [0, 0.05) is 20.7 Å². The molecule has 3 rings (SSSR count). The fraction of sp³-hybridized carbons (Fsp3) is 0.0455. The molecule has 0 bridgehead atoms. The summed E-state index contributed by atoms with van der Waals surface area (Å²) < 4.78 is 11.4. The molecule has 0 aliphatic carbocycles. The number of ether oxygens (including phenoxy) is 2. The number of hydrogen-bond acceptors (Lipinski definition) is 5. The van der Waals surface area contributed by atoms with Crippen molar-refractivity contribution < 1.29 is 14.3 Å². The maximum absolute atomic E-state index is 12.4. The number of anilines is 1. The highest BCUT2D eigenvalue weighted by molar-refractivity contribution is 9.10. The fourth-order valence-electron chi connectivity index (χ4n) is 2.45. The summed E-state index contributed by atoms with van der Waals surface area (Å²) in [7, 11) is 1.60. The first-order chi connectivity index (χ1) is 14.9. The van der Waals surface area contributed by atoms with Crippen molar-refractivity contribution in [3.8, 4) is 11.5 Å². The Morgan fingerprint density at radius 3 is 2.48 bits per heavy atom. The molecule has 0 heterocycles. The van der Waals surface area contributed by atoms with E-state index in [-0.39, 0.29) is 0 Å². The number of methoxy groups -OCH3 is 1. The number of rotatable bonds is 6. The van der Waals surface area contributed by atoms with Gasteiger partial charge in [-0.2, -0.15) is 5.10 Å². The van der Waals surface area contributed by atoms with Gasteiger partial charge in [-0.05, 0) is 78.9 Å². The van der Waals surface area contributed by atoms with Gasteiger partial charge >= 0.3 is 5.97 Å². The minimum Gasteiger partial charge on any atom is -0.497 e. The van der Waals surface area contributed by atoms with Crippen LogP contribution in [0.1, 0.15) is 15.9 Å². The number of halogens is 2. The minimum absolute atomic E-state index is 0.302. The topological polar surface area (TPSA) is 71.9 Å². The zero-order valence-electron chi connectivity index (χ0n) is 16.3. The Morgan fingerprint density at radius 1 is 1.10 bits per heavy atom. The molecule has 0 spiro atoms. The first kappa shape index (κ1) is 22.7. The van der Waals surface area contributed by atoms with Crippen molar-refractivity contribution in [3.05, 3.63) is 87.4 Å². The SMILES string of the molecule is COc1ccc(NC(=S)N/N=C/c2cc(Br)ccc2OC(=O)c2ccc(Cl)cc2)cc1. The van der Waals surface area contributed by atoms with Crippen molar-refractivity contribution in [1.29, 1.82) is 0 Å². The monoisotopic (exact) mass is 517 g/mol. The van der Waals surface area contributed by atoms with Gasteiger partial charge in [0.1, 0.15) is 11.5 Å². The van der Waals surface area contributed by atoms with Gasteiger partial charge in [-0.1, -0.05) is 27.5 Å². The van der Waals surface area contributed by atoms with E-state index in [0.29, 0.717) is 27.0 Å². The van der Waals surface area contributed by atoms with E-state index in [0.717, 1.165) is 15.9 Å². The number of thiocarbonyl (C=S) groups is 1. The summed E-state index contributed by atoms with van der Waals surface area (Å²) in [6, 6.07) is 19.0. The van der Waals surface area contributed by atoms with Gasteiger partial charge in [0.2, 0.25) is 0 Å². The summed E-state index contributed by atoms with van der Waals surface area (Å²) in [4.78, 5) is 12.4. The largest absolute Gasteiger partial charge is 0.497 e. The number of carbonyl (C=O) groups is 1. The molecule has 0 atom stereocenters. The lowest BCUT2D eigenvalue weighted by Crippen LogP contribution is -2.23. The second kappa shape index (κ2) is 10.9. The molecule has 0 aliphatic heterocycles.